The van der Waals surface area contributed by atoms with E-state index >= 15 is 0 Å². The summed E-state index contributed by atoms with van der Waals surface area (Å²) in [4.78, 5) is 0. The Bertz CT molecular complexity index is 350. The minimum absolute atomic E-state index is 0.344. The van der Waals surface area contributed by atoms with Crippen molar-refractivity contribution in [2.75, 3.05) is 0 Å². The van der Waals surface area contributed by atoms with Crippen LogP contribution >= 0.6 is 0 Å². The van der Waals surface area contributed by atoms with Crippen LogP contribution in [0.1, 0.15) is 51.5 Å². The summed E-state index contributed by atoms with van der Waals surface area (Å²) in [5.74, 6) is 1.35. The molecule has 1 aliphatic carbocycles. The van der Waals surface area contributed by atoms with E-state index in [1.54, 1.807) is 0 Å². The van der Waals surface area contributed by atoms with Gasteiger partial charge in [0.2, 0.25) is 0 Å². The highest BCUT2D eigenvalue weighted by atomic mass is 14.7. The third-order valence-electron chi connectivity index (χ3n) is 4.36. The van der Waals surface area contributed by atoms with Crippen molar-refractivity contribution in [2.24, 2.45) is 17.1 Å². The molecule has 3 atom stereocenters. The number of hydrogen-bond acceptors (Lipinski definition) is 1. The molecule has 0 spiro atoms. The van der Waals surface area contributed by atoms with Crippen LogP contribution in [-0.2, 0) is 0 Å². The van der Waals surface area contributed by atoms with Crippen molar-refractivity contribution in [1.82, 2.24) is 0 Å². The summed E-state index contributed by atoms with van der Waals surface area (Å²) in [7, 11) is 0. The zero-order chi connectivity index (χ0) is 12.5. The normalized spacial score (nSPS) is 30.2. The highest BCUT2D eigenvalue weighted by Crippen LogP contribution is 2.43. The average Bonchev–Trinajstić information content (AvgIpc) is 2.29. The fourth-order valence-electron chi connectivity index (χ4n) is 3.06. The Morgan fingerprint density at radius 3 is 2.29 bits per heavy atom. The van der Waals surface area contributed by atoms with Crippen molar-refractivity contribution in [2.45, 2.75) is 52.0 Å². The van der Waals surface area contributed by atoms with E-state index in [2.05, 4.69) is 51.1 Å². The first-order valence-electron chi connectivity index (χ1n) is 6.79. The Balaban J connectivity index is 2.16. The van der Waals surface area contributed by atoms with Gasteiger partial charge in [-0.2, -0.15) is 0 Å². The number of nitrogens with two attached hydrogens (primary N) is 1. The number of hydrogen-bond donors (Lipinski definition) is 1. The largest absolute Gasteiger partial charge is 0.327 e. The molecular formula is C16H25N. The summed E-state index contributed by atoms with van der Waals surface area (Å²) in [6.07, 6.45) is 3.70. The quantitative estimate of drug-likeness (QED) is 0.778. The van der Waals surface area contributed by atoms with Crippen LogP contribution in [0.2, 0.25) is 0 Å². The van der Waals surface area contributed by atoms with Gasteiger partial charge in [0.05, 0.1) is 0 Å². The fourth-order valence-corrected chi connectivity index (χ4v) is 3.06. The molecule has 17 heavy (non-hydrogen) atoms. The second-order valence-corrected chi connectivity index (χ2v) is 6.56. The lowest BCUT2D eigenvalue weighted by Crippen LogP contribution is -2.38. The molecule has 1 fully saturated rings. The minimum atomic E-state index is 0.344. The maximum atomic E-state index is 6.32. The Labute approximate surface area is 105 Å². The molecule has 1 aromatic rings. The second kappa shape index (κ2) is 4.81. The summed E-state index contributed by atoms with van der Waals surface area (Å²) in [6.45, 7) is 7.07. The van der Waals surface area contributed by atoms with E-state index in [0.29, 0.717) is 17.4 Å². The second-order valence-electron chi connectivity index (χ2n) is 6.56. The van der Waals surface area contributed by atoms with Gasteiger partial charge in [0.25, 0.3) is 0 Å². The van der Waals surface area contributed by atoms with Gasteiger partial charge in [-0.05, 0) is 42.1 Å². The molecule has 1 heteroatoms. The molecule has 1 aromatic carbocycles. The van der Waals surface area contributed by atoms with Crippen LogP contribution in [0.3, 0.4) is 0 Å². The zero-order valence-corrected chi connectivity index (χ0v) is 11.3. The Morgan fingerprint density at radius 2 is 1.71 bits per heavy atom. The van der Waals surface area contributed by atoms with Gasteiger partial charge in [0.1, 0.15) is 0 Å². The highest BCUT2D eigenvalue weighted by molar-refractivity contribution is 5.22. The van der Waals surface area contributed by atoms with Crippen molar-refractivity contribution in [3.8, 4) is 0 Å². The maximum absolute atomic E-state index is 6.32. The smallest absolute Gasteiger partial charge is 0.0108 e. The lowest BCUT2D eigenvalue weighted by Gasteiger charge is -2.41. The minimum Gasteiger partial charge on any atom is -0.327 e. The molecule has 0 bridgehead atoms. The van der Waals surface area contributed by atoms with Crippen LogP contribution in [0.15, 0.2) is 30.3 Å². The lowest BCUT2D eigenvalue weighted by molar-refractivity contribution is 0.154. The molecule has 0 radical (unpaired) electrons. The monoisotopic (exact) mass is 231 g/mol. The summed E-state index contributed by atoms with van der Waals surface area (Å²) in [6, 6.07) is 11.1. The van der Waals surface area contributed by atoms with Crippen LogP contribution in [0, 0.1) is 11.3 Å². The summed E-state index contributed by atoms with van der Waals surface area (Å²) in [5, 5.41) is 0. The first-order valence-corrected chi connectivity index (χ1v) is 6.79. The molecule has 1 aliphatic rings. The van der Waals surface area contributed by atoms with Gasteiger partial charge >= 0.3 is 0 Å². The van der Waals surface area contributed by atoms with E-state index in [-0.39, 0.29) is 0 Å². The van der Waals surface area contributed by atoms with E-state index < -0.39 is 0 Å². The van der Waals surface area contributed by atoms with Crippen LogP contribution in [0.25, 0.3) is 0 Å². The van der Waals surface area contributed by atoms with E-state index in [1.165, 1.54) is 24.8 Å². The van der Waals surface area contributed by atoms with E-state index in [0.717, 1.165) is 5.92 Å². The Morgan fingerprint density at radius 1 is 1.06 bits per heavy atom. The first-order chi connectivity index (χ1) is 7.98. The predicted octanol–water partition coefficient (Wildman–Crippen LogP) is 3.94. The number of benzene rings is 1. The van der Waals surface area contributed by atoms with Crippen LogP contribution in [-0.4, -0.2) is 6.04 Å². The van der Waals surface area contributed by atoms with Crippen molar-refractivity contribution in [1.29, 1.82) is 0 Å². The fraction of sp³-hybridized carbons (Fsp3) is 0.625. The topological polar surface area (TPSA) is 26.0 Å². The summed E-state index contributed by atoms with van der Waals surface area (Å²) < 4.78 is 0. The van der Waals surface area contributed by atoms with Crippen LogP contribution in [0.4, 0.5) is 0 Å². The summed E-state index contributed by atoms with van der Waals surface area (Å²) >= 11 is 0. The van der Waals surface area contributed by atoms with Crippen LogP contribution in [0.5, 0.6) is 0 Å². The van der Waals surface area contributed by atoms with Crippen molar-refractivity contribution >= 4 is 0 Å². The molecule has 0 aromatic heterocycles. The molecule has 2 rings (SSSR count). The van der Waals surface area contributed by atoms with Gasteiger partial charge in [0, 0.05) is 6.04 Å². The molecule has 2 N–H and O–H groups in total. The lowest BCUT2D eigenvalue weighted by atomic mass is 9.66. The molecule has 0 heterocycles. The number of rotatable bonds is 1. The van der Waals surface area contributed by atoms with Gasteiger partial charge in [0.15, 0.2) is 0 Å². The molecule has 3 unspecified atom stereocenters. The van der Waals surface area contributed by atoms with Crippen molar-refractivity contribution < 1.29 is 0 Å². The maximum Gasteiger partial charge on any atom is 0.0108 e. The van der Waals surface area contributed by atoms with Crippen molar-refractivity contribution in [3.05, 3.63) is 35.9 Å². The Kier molecular flexibility index (Phi) is 3.58. The van der Waals surface area contributed by atoms with Crippen molar-refractivity contribution in [3.63, 3.8) is 0 Å². The Hall–Kier alpha value is -0.820. The van der Waals surface area contributed by atoms with Crippen LogP contribution < -0.4 is 5.73 Å². The third kappa shape index (κ3) is 2.90. The molecule has 0 aliphatic heterocycles. The zero-order valence-electron chi connectivity index (χ0n) is 11.3. The standard InChI is InChI=1S/C16H25N/c1-16(2,3)13-9-10-15(17)14(11-13)12-7-5-4-6-8-12/h4-8,13-15H,9-11,17H2,1-3H3. The molecule has 1 saturated carbocycles. The van der Waals surface area contributed by atoms with Gasteiger partial charge in [-0.15, -0.1) is 0 Å². The van der Waals surface area contributed by atoms with E-state index in [1.807, 2.05) is 0 Å². The van der Waals surface area contributed by atoms with Gasteiger partial charge in [-0.3, -0.25) is 0 Å². The molecule has 0 saturated heterocycles. The predicted molar refractivity (Wildman–Crippen MR) is 74.0 cm³/mol. The first kappa shape index (κ1) is 12.6. The average molecular weight is 231 g/mol. The highest BCUT2D eigenvalue weighted by Gasteiger charge is 2.34. The van der Waals surface area contributed by atoms with E-state index in [9.17, 15) is 0 Å². The van der Waals surface area contributed by atoms with Gasteiger partial charge in [-0.25, -0.2) is 0 Å². The molecule has 1 nitrogen and oxygen atoms in total. The molecule has 0 amide bonds. The SMILES string of the molecule is CC(C)(C)C1CCC(N)C(c2ccccc2)C1. The van der Waals surface area contributed by atoms with Gasteiger partial charge < -0.3 is 5.73 Å². The summed E-state index contributed by atoms with van der Waals surface area (Å²) in [5.41, 5.74) is 8.15. The van der Waals surface area contributed by atoms with E-state index in [4.69, 9.17) is 5.73 Å². The molecular weight excluding hydrogens is 206 g/mol. The third-order valence-corrected chi connectivity index (χ3v) is 4.36. The molecule has 94 valence electrons. The van der Waals surface area contributed by atoms with Gasteiger partial charge in [-0.1, -0.05) is 51.1 Å².